The first-order valence-electron chi connectivity index (χ1n) is 6.44. The minimum absolute atomic E-state index is 0.254. The number of hydrogen-bond acceptors (Lipinski definition) is 2. The second-order valence-electron chi connectivity index (χ2n) is 4.45. The zero-order valence-electron chi connectivity index (χ0n) is 11.0. The fourth-order valence-electron chi connectivity index (χ4n) is 1.88. The van der Waals surface area contributed by atoms with Gasteiger partial charge < -0.3 is 10.5 Å². The van der Waals surface area contributed by atoms with E-state index in [0.717, 1.165) is 23.3 Å². The summed E-state index contributed by atoms with van der Waals surface area (Å²) in [6, 6.07) is 13.7. The Morgan fingerprint density at radius 1 is 1.11 bits per heavy atom. The van der Waals surface area contributed by atoms with Crippen molar-refractivity contribution in [3.8, 4) is 5.75 Å². The first kappa shape index (κ1) is 13.6. The van der Waals surface area contributed by atoms with Gasteiger partial charge in [-0.25, -0.2) is 4.39 Å². The quantitative estimate of drug-likeness (QED) is 0.889. The summed E-state index contributed by atoms with van der Waals surface area (Å²) in [6.45, 7) is 2.75. The maximum absolute atomic E-state index is 12.9. The van der Waals surface area contributed by atoms with Gasteiger partial charge >= 0.3 is 0 Å². The van der Waals surface area contributed by atoms with Crippen LogP contribution in [0.15, 0.2) is 48.5 Å². The van der Waals surface area contributed by atoms with E-state index in [2.05, 4.69) is 6.92 Å². The average Bonchev–Trinajstić information content (AvgIpc) is 2.45. The van der Waals surface area contributed by atoms with Crippen molar-refractivity contribution < 1.29 is 9.13 Å². The maximum Gasteiger partial charge on any atom is 0.123 e. The fourth-order valence-corrected chi connectivity index (χ4v) is 1.88. The molecule has 0 aliphatic rings. The largest absolute Gasteiger partial charge is 0.494 e. The molecule has 100 valence electrons. The van der Waals surface area contributed by atoms with Gasteiger partial charge in [0.05, 0.1) is 12.6 Å². The lowest BCUT2D eigenvalue weighted by Crippen LogP contribution is -2.12. The van der Waals surface area contributed by atoms with Crippen LogP contribution in [-0.4, -0.2) is 6.61 Å². The molecule has 2 rings (SSSR count). The Labute approximate surface area is 113 Å². The molecule has 0 radical (unpaired) electrons. The predicted octanol–water partition coefficient (Wildman–Crippen LogP) is 3.66. The standard InChI is InChI=1S/C16H18FNO/c1-2-10-19-15-5-3-4-13(11-15)16(18)12-6-8-14(17)9-7-12/h3-9,11,16H,2,10,18H2,1H3. The molecular formula is C16H18FNO. The Balaban J connectivity index is 2.18. The van der Waals surface area contributed by atoms with Crippen molar-refractivity contribution in [2.45, 2.75) is 19.4 Å². The Hall–Kier alpha value is -1.87. The van der Waals surface area contributed by atoms with Crippen molar-refractivity contribution >= 4 is 0 Å². The zero-order chi connectivity index (χ0) is 13.7. The molecule has 0 aliphatic carbocycles. The van der Waals surface area contributed by atoms with E-state index in [1.165, 1.54) is 12.1 Å². The normalized spacial score (nSPS) is 12.2. The number of ether oxygens (including phenoxy) is 1. The molecule has 0 fully saturated rings. The van der Waals surface area contributed by atoms with Crippen LogP contribution in [0.5, 0.6) is 5.75 Å². The summed E-state index contributed by atoms with van der Waals surface area (Å²) in [7, 11) is 0. The molecule has 0 spiro atoms. The highest BCUT2D eigenvalue weighted by Gasteiger charge is 2.09. The molecule has 1 atom stereocenters. The minimum Gasteiger partial charge on any atom is -0.494 e. The Kier molecular flexibility index (Phi) is 4.53. The smallest absolute Gasteiger partial charge is 0.123 e. The van der Waals surface area contributed by atoms with Gasteiger partial charge in [-0.1, -0.05) is 31.2 Å². The minimum atomic E-state index is -0.272. The summed E-state index contributed by atoms with van der Waals surface area (Å²) in [6.07, 6.45) is 0.967. The van der Waals surface area contributed by atoms with Crippen LogP contribution in [0.2, 0.25) is 0 Å². The third-order valence-corrected chi connectivity index (χ3v) is 2.92. The van der Waals surface area contributed by atoms with Crippen LogP contribution in [0.3, 0.4) is 0 Å². The molecule has 2 aromatic carbocycles. The van der Waals surface area contributed by atoms with Gasteiger partial charge in [0, 0.05) is 0 Å². The van der Waals surface area contributed by atoms with Gasteiger partial charge in [-0.2, -0.15) is 0 Å². The van der Waals surface area contributed by atoms with Crippen molar-refractivity contribution in [1.82, 2.24) is 0 Å². The molecule has 3 heteroatoms. The van der Waals surface area contributed by atoms with Crippen LogP contribution < -0.4 is 10.5 Å². The highest BCUT2D eigenvalue weighted by Crippen LogP contribution is 2.23. The first-order valence-corrected chi connectivity index (χ1v) is 6.44. The summed E-state index contributed by atoms with van der Waals surface area (Å²) in [5, 5.41) is 0. The monoisotopic (exact) mass is 259 g/mol. The van der Waals surface area contributed by atoms with Crippen molar-refractivity contribution in [2.24, 2.45) is 5.73 Å². The SMILES string of the molecule is CCCOc1cccc(C(N)c2ccc(F)cc2)c1. The lowest BCUT2D eigenvalue weighted by Gasteiger charge is -2.14. The molecule has 19 heavy (non-hydrogen) atoms. The number of nitrogens with two attached hydrogens (primary N) is 1. The van der Waals surface area contributed by atoms with E-state index in [1.54, 1.807) is 12.1 Å². The molecule has 1 unspecified atom stereocenters. The van der Waals surface area contributed by atoms with Gasteiger partial charge in [0.25, 0.3) is 0 Å². The van der Waals surface area contributed by atoms with Crippen molar-refractivity contribution in [3.63, 3.8) is 0 Å². The molecule has 0 amide bonds. The summed E-state index contributed by atoms with van der Waals surface area (Å²) in [4.78, 5) is 0. The maximum atomic E-state index is 12.9. The average molecular weight is 259 g/mol. The van der Waals surface area contributed by atoms with Gasteiger partial charge in [-0.05, 0) is 41.8 Å². The number of halogens is 1. The second-order valence-corrected chi connectivity index (χ2v) is 4.45. The number of hydrogen-bond donors (Lipinski definition) is 1. The van der Waals surface area contributed by atoms with E-state index in [0.29, 0.717) is 6.61 Å². The van der Waals surface area contributed by atoms with Crippen molar-refractivity contribution in [3.05, 3.63) is 65.5 Å². The third-order valence-electron chi connectivity index (χ3n) is 2.92. The molecule has 0 heterocycles. The fraction of sp³-hybridized carbons (Fsp3) is 0.250. The van der Waals surface area contributed by atoms with Crippen LogP contribution >= 0.6 is 0 Å². The summed E-state index contributed by atoms with van der Waals surface area (Å²) in [5.41, 5.74) is 8.03. The van der Waals surface area contributed by atoms with E-state index < -0.39 is 0 Å². The Bertz CT molecular complexity index is 525. The van der Waals surface area contributed by atoms with Gasteiger partial charge in [0.1, 0.15) is 11.6 Å². The number of benzene rings is 2. The van der Waals surface area contributed by atoms with E-state index in [1.807, 2.05) is 24.3 Å². The topological polar surface area (TPSA) is 35.2 Å². The van der Waals surface area contributed by atoms with Crippen LogP contribution in [0.25, 0.3) is 0 Å². The second kappa shape index (κ2) is 6.34. The van der Waals surface area contributed by atoms with Gasteiger partial charge in [-0.15, -0.1) is 0 Å². The van der Waals surface area contributed by atoms with Crippen LogP contribution in [-0.2, 0) is 0 Å². The van der Waals surface area contributed by atoms with E-state index in [4.69, 9.17) is 10.5 Å². The van der Waals surface area contributed by atoms with Gasteiger partial charge in [0.15, 0.2) is 0 Å². The molecule has 0 saturated carbocycles. The lowest BCUT2D eigenvalue weighted by molar-refractivity contribution is 0.317. The first-order chi connectivity index (χ1) is 9.20. The van der Waals surface area contributed by atoms with E-state index in [9.17, 15) is 4.39 Å². The Morgan fingerprint density at radius 2 is 1.84 bits per heavy atom. The van der Waals surface area contributed by atoms with Crippen molar-refractivity contribution in [2.75, 3.05) is 6.61 Å². The number of rotatable bonds is 5. The Morgan fingerprint density at radius 3 is 2.53 bits per heavy atom. The third kappa shape index (κ3) is 3.55. The van der Waals surface area contributed by atoms with Crippen LogP contribution in [0.4, 0.5) is 4.39 Å². The van der Waals surface area contributed by atoms with Gasteiger partial charge in [0.2, 0.25) is 0 Å². The summed E-state index contributed by atoms with van der Waals surface area (Å²) >= 11 is 0. The molecule has 2 N–H and O–H groups in total. The van der Waals surface area contributed by atoms with E-state index in [-0.39, 0.29) is 11.9 Å². The zero-order valence-corrected chi connectivity index (χ0v) is 11.0. The molecular weight excluding hydrogens is 241 g/mol. The molecule has 0 bridgehead atoms. The highest BCUT2D eigenvalue weighted by atomic mass is 19.1. The van der Waals surface area contributed by atoms with Gasteiger partial charge in [-0.3, -0.25) is 0 Å². The lowest BCUT2D eigenvalue weighted by atomic mass is 9.99. The molecule has 0 aliphatic heterocycles. The van der Waals surface area contributed by atoms with Crippen LogP contribution in [0, 0.1) is 5.82 Å². The summed E-state index contributed by atoms with van der Waals surface area (Å²) < 4.78 is 18.5. The molecule has 2 aromatic rings. The predicted molar refractivity (Wildman–Crippen MR) is 74.7 cm³/mol. The molecule has 0 aromatic heterocycles. The van der Waals surface area contributed by atoms with E-state index >= 15 is 0 Å². The molecule has 2 nitrogen and oxygen atoms in total. The van der Waals surface area contributed by atoms with Crippen LogP contribution in [0.1, 0.15) is 30.5 Å². The highest BCUT2D eigenvalue weighted by molar-refractivity contribution is 5.36. The summed E-state index contributed by atoms with van der Waals surface area (Å²) in [5.74, 6) is 0.563. The molecule has 0 saturated heterocycles. The van der Waals surface area contributed by atoms with Crippen molar-refractivity contribution in [1.29, 1.82) is 0 Å².